The lowest BCUT2D eigenvalue weighted by Gasteiger charge is -2.58. The van der Waals surface area contributed by atoms with E-state index in [-0.39, 0.29) is 11.5 Å². The van der Waals surface area contributed by atoms with Crippen molar-refractivity contribution in [2.75, 3.05) is 13.6 Å². The second-order valence-electron chi connectivity index (χ2n) is 13.5. The van der Waals surface area contributed by atoms with E-state index in [1.54, 1.807) is 0 Å². The van der Waals surface area contributed by atoms with Crippen LogP contribution in [0, 0.1) is 34.5 Å². The Morgan fingerprint density at radius 1 is 1.05 bits per heavy atom. The number of rotatable bonds is 5. The Labute approximate surface area is 228 Å². The second-order valence-corrected chi connectivity index (χ2v) is 13.5. The molecule has 3 saturated carbocycles. The van der Waals surface area contributed by atoms with Gasteiger partial charge in [-0.25, -0.2) is 4.79 Å². The fourth-order valence-electron chi connectivity index (χ4n) is 9.97. The standard InChI is InChI=1S/C33H45NO4/c1-21-27-12-13-29-26-11-10-24-19-25(14-16-32(24,3)28(26)15-17-33(27,29)20-34(21)4)38-31(36)30(37-22(2)35)18-23-8-6-5-7-9-23/h5-10,21,25-30H,11-20H2,1-4H3/t21-,25-,26+,27+,28?,29-,30-,32-,33-/m0/s1. The first-order chi connectivity index (χ1) is 18.2. The highest BCUT2D eigenvalue weighted by Gasteiger charge is 2.64. The fourth-order valence-corrected chi connectivity index (χ4v) is 9.97. The molecule has 0 radical (unpaired) electrons. The minimum atomic E-state index is -0.898. The molecule has 4 fully saturated rings. The summed E-state index contributed by atoms with van der Waals surface area (Å²) < 4.78 is 11.5. The number of esters is 2. The molecular formula is C33H45NO4. The van der Waals surface area contributed by atoms with Gasteiger partial charge in [0.15, 0.2) is 0 Å². The van der Waals surface area contributed by atoms with Crippen LogP contribution in [0.2, 0.25) is 0 Å². The van der Waals surface area contributed by atoms with Gasteiger partial charge in [-0.05, 0) is 99.0 Å². The quantitative estimate of drug-likeness (QED) is 0.355. The minimum absolute atomic E-state index is 0.137. The van der Waals surface area contributed by atoms with Gasteiger partial charge in [0.2, 0.25) is 6.10 Å². The van der Waals surface area contributed by atoms with Gasteiger partial charge in [0, 0.05) is 32.4 Å². The van der Waals surface area contributed by atoms with Crippen molar-refractivity contribution >= 4 is 11.9 Å². The maximum Gasteiger partial charge on any atom is 0.348 e. The zero-order chi connectivity index (χ0) is 26.7. The van der Waals surface area contributed by atoms with Crippen LogP contribution in [0.1, 0.15) is 77.7 Å². The van der Waals surface area contributed by atoms with Gasteiger partial charge in [0.1, 0.15) is 6.10 Å². The summed E-state index contributed by atoms with van der Waals surface area (Å²) in [7, 11) is 2.34. The molecule has 0 bridgehead atoms. The summed E-state index contributed by atoms with van der Waals surface area (Å²) in [4.78, 5) is 27.6. The van der Waals surface area contributed by atoms with Crippen molar-refractivity contribution in [1.29, 1.82) is 0 Å². The third kappa shape index (κ3) is 4.24. The number of carbonyl (C=O) groups excluding carboxylic acids is 2. The van der Waals surface area contributed by atoms with Crippen molar-refractivity contribution in [2.24, 2.45) is 34.5 Å². The Morgan fingerprint density at radius 3 is 2.58 bits per heavy atom. The molecule has 5 heteroatoms. The van der Waals surface area contributed by atoms with Crippen molar-refractivity contribution in [3.63, 3.8) is 0 Å². The number of benzene rings is 1. The Hall–Kier alpha value is -2.14. The lowest BCUT2D eigenvalue weighted by Crippen LogP contribution is -2.52. The highest BCUT2D eigenvalue weighted by atomic mass is 16.6. The monoisotopic (exact) mass is 519 g/mol. The first kappa shape index (κ1) is 26.1. The summed E-state index contributed by atoms with van der Waals surface area (Å²) in [6.45, 7) is 7.62. The summed E-state index contributed by atoms with van der Waals surface area (Å²) in [6, 6.07) is 10.4. The molecule has 1 aromatic rings. The molecule has 1 aliphatic heterocycles. The summed E-state index contributed by atoms with van der Waals surface area (Å²) in [5.74, 6) is 2.44. The molecule has 5 nitrogen and oxygen atoms in total. The Balaban J connectivity index is 1.15. The summed E-state index contributed by atoms with van der Waals surface area (Å²) in [5.41, 5.74) is 3.24. The molecule has 206 valence electrons. The van der Waals surface area contributed by atoms with E-state index in [0.717, 1.165) is 54.5 Å². The molecule has 1 aromatic carbocycles. The number of hydrogen-bond acceptors (Lipinski definition) is 5. The molecule has 9 atom stereocenters. The first-order valence-electron chi connectivity index (χ1n) is 15.0. The van der Waals surface area contributed by atoms with E-state index in [1.807, 2.05) is 30.3 Å². The van der Waals surface area contributed by atoms with Gasteiger partial charge in [-0.3, -0.25) is 4.79 Å². The molecule has 0 amide bonds. The number of fused-ring (bicyclic) bond motifs is 4. The van der Waals surface area contributed by atoms with Gasteiger partial charge in [0.25, 0.3) is 0 Å². The first-order valence-corrected chi connectivity index (χ1v) is 15.0. The third-order valence-electron chi connectivity index (χ3n) is 11.8. The normalized spacial score (nSPS) is 40.7. The molecule has 0 aromatic heterocycles. The molecule has 1 spiro atoms. The van der Waals surface area contributed by atoms with Crippen molar-refractivity contribution in [1.82, 2.24) is 4.90 Å². The lowest BCUT2D eigenvalue weighted by molar-refractivity contribution is -0.172. The molecule has 1 unspecified atom stereocenters. The van der Waals surface area contributed by atoms with E-state index >= 15 is 0 Å². The van der Waals surface area contributed by atoms with E-state index in [9.17, 15) is 9.59 Å². The zero-order valence-electron chi connectivity index (χ0n) is 23.7. The Kier molecular flexibility index (Phi) is 6.73. The number of ether oxygens (including phenoxy) is 2. The topological polar surface area (TPSA) is 55.8 Å². The van der Waals surface area contributed by atoms with Crippen LogP contribution in [0.4, 0.5) is 0 Å². The van der Waals surface area contributed by atoms with Crippen molar-refractivity contribution in [3.05, 3.63) is 47.5 Å². The molecule has 0 N–H and O–H groups in total. The summed E-state index contributed by atoms with van der Waals surface area (Å²) in [5, 5.41) is 0. The van der Waals surface area contributed by atoms with Crippen LogP contribution in [0.5, 0.6) is 0 Å². The predicted molar refractivity (Wildman–Crippen MR) is 147 cm³/mol. The molecule has 5 aliphatic rings. The van der Waals surface area contributed by atoms with Crippen LogP contribution in [-0.4, -0.2) is 48.7 Å². The number of allylic oxidation sites excluding steroid dienone is 1. The number of nitrogens with zero attached hydrogens (tertiary/aromatic N) is 1. The van der Waals surface area contributed by atoms with E-state index in [1.165, 1.54) is 51.1 Å². The zero-order valence-corrected chi connectivity index (χ0v) is 23.7. The number of hydrogen-bond donors (Lipinski definition) is 0. The maximum atomic E-state index is 13.2. The van der Waals surface area contributed by atoms with Crippen molar-refractivity contribution in [2.45, 2.75) is 96.8 Å². The largest absolute Gasteiger partial charge is 0.459 e. The Bertz CT molecular complexity index is 1100. The average molecular weight is 520 g/mol. The van der Waals surface area contributed by atoms with Crippen LogP contribution in [0.25, 0.3) is 0 Å². The molecule has 38 heavy (non-hydrogen) atoms. The SMILES string of the molecule is CC(=O)O[C@@H](Cc1ccccc1)C(=O)O[C@H]1CC[C@@]2(C)C(=CC[C@@H]3C2CC[C@]24CN(C)[C@@H](C)[C@H]2CC[C@@H]34)C1. The summed E-state index contributed by atoms with van der Waals surface area (Å²) in [6.07, 6.45) is 11.4. The molecular weight excluding hydrogens is 474 g/mol. The van der Waals surface area contributed by atoms with E-state index in [4.69, 9.17) is 9.47 Å². The number of likely N-dealkylation sites (tertiary alicyclic amines) is 1. The molecule has 4 aliphatic carbocycles. The highest BCUT2D eigenvalue weighted by molar-refractivity contribution is 5.79. The van der Waals surface area contributed by atoms with Crippen LogP contribution in [0.15, 0.2) is 42.0 Å². The molecule has 6 rings (SSSR count). The van der Waals surface area contributed by atoms with E-state index in [2.05, 4.69) is 31.9 Å². The van der Waals surface area contributed by atoms with Gasteiger partial charge in [0.05, 0.1) is 0 Å². The molecule has 1 heterocycles. The van der Waals surface area contributed by atoms with Crippen molar-refractivity contribution < 1.29 is 19.1 Å². The van der Waals surface area contributed by atoms with Gasteiger partial charge in [-0.1, -0.05) is 48.9 Å². The maximum absolute atomic E-state index is 13.2. The van der Waals surface area contributed by atoms with Gasteiger partial charge in [-0.2, -0.15) is 0 Å². The van der Waals surface area contributed by atoms with Crippen LogP contribution >= 0.6 is 0 Å². The average Bonchev–Trinajstić information content (AvgIpc) is 3.37. The minimum Gasteiger partial charge on any atom is -0.459 e. The van der Waals surface area contributed by atoms with Crippen LogP contribution < -0.4 is 0 Å². The van der Waals surface area contributed by atoms with Gasteiger partial charge < -0.3 is 14.4 Å². The van der Waals surface area contributed by atoms with E-state index < -0.39 is 18.0 Å². The predicted octanol–water partition coefficient (Wildman–Crippen LogP) is 5.97. The van der Waals surface area contributed by atoms with Crippen LogP contribution in [0.3, 0.4) is 0 Å². The highest BCUT2D eigenvalue weighted by Crippen LogP contribution is 2.68. The number of carbonyl (C=O) groups is 2. The Morgan fingerprint density at radius 2 is 1.82 bits per heavy atom. The van der Waals surface area contributed by atoms with Crippen LogP contribution in [-0.2, 0) is 25.5 Å². The third-order valence-corrected chi connectivity index (χ3v) is 11.8. The van der Waals surface area contributed by atoms with Gasteiger partial charge >= 0.3 is 11.9 Å². The fraction of sp³-hybridized carbons (Fsp3) is 0.697. The van der Waals surface area contributed by atoms with Gasteiger partial charge in [-0.15, -0.1) is 0 Å². The second kappa shape index (κ2) is 9.80. The lowest BCUT2D eigenvalue weighted by atomic mass is 9.47. The van der Waals surface area contributed by atoms with E-state index in [0.29, 0.717) is 11.8 Å². The summed E-state index contributed by atoms with van der Waals surface area (Å²) >= 11 is 0. The molecule has 1 saturated heterocycles. The van der Waals surface area contributed by atoms with Crippen molar-refractivity contribution in [3.8, 4) is 0 Å². The smallest absolute Gasteiger partial charge is 0.348 e.